The van der Waals surface area contributed by atoms with Crippen molar-refractivity contribution < 1.29 is 8.78 Å². The molecule has 82 valence electrons. The molecule has 1 N–H and O–H groups in total. The average Bonchev–Trinajstić information content (AvgIpc) is 2.32. The Hall–Kier alpha value is -2.04. The van der Waals surface area contributed by atoms with Crippen LogP contribution in [-0.4, -0.2) is 17.0 Å². The van der Waals surface area contributed by atoms with E-state index in [1.165, 1.54) is 18.5 Å². The van der Waals surface area contributed by atoms with E-state index in [4.69, 9.17) is 0 Å². The molecule has 0 atom stereocenters. The summed E-state index contributed by atoms with van der Waals surface area (Å²) >= 11 is 0. The second-order valence-corrected chi connectivity index (χ2v) is 3.13. The summed E-state index contributed by atoms with van der Waals surface area (Å²) in [5.74, 6) is -1.25. The topological polar surface area (TPSA) is 37.8 Å². The highest BCUT2D eigenvalue weighted by Gasteiger charge is 2.09. The van der Waals surface area contributed by atoms with Gasteiger partial charge < -0.3 is 5.32 Å². The molecule has 0 aliphatic heterocycles. The first-order valence-electron chi connectivity index (χ1n) is 4.66. The number of hydrogen-bond donors (Lipinski definition) is 1. The van der Waals surface area contributed by atoms with Crippen LogP contribution in [0, 0.1) is 11.6 Å². The van der Waals surface area contributed by atoms with Crippen LogP contribution >= 0.6 is 0 Å². The van der Waals surface area contributed by atoms with Gasteiger partial charge in [-0.1, -0.05) is 0 Å². The molecule has 0 bridgehead atoms. The zero-order valence-corrected chi connectivity index (χ0v) is 8.54. The quantitative estimate of drug-likeness (QED) is 0.846. The summed E-state index contributed by atoms with van der Waals surface area (Å²) in [6.07, 6.45) is 3.02. The van der Waals surface area contributed by atoms with Crippen molar-refractivity contribution >= 4 is 5.82 Å². The predicted molar refractivity (Wildman–Crippen MR) is 56.9 cm³/mol. The summed E-state index contributed by atoms with van der Waals surface area (Å²) in [5.41, 5.74) is 0.972. The van der Waals surface area contributed by atoms with Crippen LogP contribution < -0.4 is 5.32 Å². The smallest absolute Gasteiger partial charge is 0.159 e. The monoisotopic (exact) mass is 221 g/mol. The second-order valence-electron chi connectivity index (χ2n) is 3.13. The van der Waals surface area contributed by atoms with Gasteiger partial charge in [0.05, 0.1) is 0 Å². The van der Waals surface area contributed by atoms with Crippen molar-refractivity contribution in [3.05, 3.63) is 42.2 Å². The van der Waals surface area contributed by atoms with Crippen LogP contribution in [0.4, 0.5) is 14.6 Å². The molecule has 1 heterocycles. The lowest BCUT2D eigenvalue weighted by Gasteiger charge is -2.06. The first kappa shape index (κ1) is 10.5. The number of benzene rings is 1. The molecule has 1 aromatic heterocycles. The molecule has 5 heteroatoms. The van der Waals surface area contributed by atoms with Gasteiger partial charge in [-0.2, -0.15) is 0 Å². The molecule has 0 fully saturated rings. The van der Waals surface area contributed by atoms with E-state index in [1.54, 1.807) is 7.05 Å². The minimum absolute atomic E-state index is 0.483. The molecule has 0 radical (unpaired) electrons. The molecule has 3 nitrogen and oxygen atoms in total. The van der Waals surface area contributed by atoms with E-state index < -0.39 is 11.6 Å². The number of nitrogens with zero attached hydrogens (tertiary/aromatic N) is 2. The molecule has 1 aromatic carbocycles. The standard InChI is InChI=1S/C11H9F2N3/c1-14-11-10(15-4-5-16-11)7-2-3-8(12)9(13)6-7/h2-6H,1H3,(H,14,16). The number of rotatable bonds is 2. The third-order valence-electron chi connectivity index (χ3n) is 2.13. The summed E-state index contributed by atoms with van der Waals surface area (Å²) in [6, 6.07) is 3.63. The van der Waals surface area contributed by atoms with E-state index in [0.717, 1.165) is 12.1 Å². The molecular weight excluding hydrogens is 212 g/mol. The van der Waals surface area contributed by atoms with Crippen molar-refractivity contribution in [3.8, 4) is 11.3 Å². The van der Waals surface area contributed by atoms with E-state index >= 15 is 0 Å². The fraction of sp³-hybridized carbons (Fsp3) is 0.0909. The van der Waals surface area contributed by atoms with Crippen LogP contribution in [0.5, 0.6) is 0 Å². The number of hydrogen-bond acceptors (Lipinski definition) is 3. The first-order chi connectivity index (χ1) is 7.72. The summed E-state index contributed by atoms with van der Waals surface area (Å²) in [7, 11) is 1.69. The van der Waals surface area contributed by atoms with Crippen molar-refractivity contribution in [2.75, 3.05) is 12.4 Å². The molecule has 0 saturated heterocycles. The first-order valence-corrected chi connectivity index (χ1v) is 4.66. The maximum Gasteiger partial charge on any atom is 0.159 e. The third-order valence-corrected chi connectivity index (χ3v) is 2.13. The van der Waals surface area contributed by atoms with Gasteiger partial charge in [-0.3, -0.25) is 4.98 Å². The van der Waals surface area contributed by atoms with Crippen LogP contribution in [-0.2, 0) is 0 Å². The Morgan fingerprint density at radius 3 is 2.50 bits per heavy atom. The summed E-state index contributed by atoms with van der Waals surface area (Å²) < 4.78 is 25.8. The van der Waals surface area contributed by atoms with Gasteiger partial charge in [-0.25, -0.2) is 13.8 Å². The normalized spacial score (nSPS) is 10.2. The van der Waals surface area contributed by atoms with Crippen LogP contribution in [0.2, 0.25) is 0 Å². The van der Waals surface area contributed by atoms with Gasteiger partial charge in [-0.15, -0.1) is 0 Å². The van der Waals surface area contributed by atoms with Crippen molar-refractivity contribution in [2.24, 2.45) is 0 Å². The average molecular weight is 221 g/mol. The Balaban J connectivity index is 2.54. The van der Waals surface area contributed by atoms with E-state index in [1.807, 2.05) is 0 Å². The van der Waals surface area contributed by atoms with Gasteiger partial charge in [0.25, 0.3) is 0 Å². The molecule has 0 saturated carbocycles. The van der Waals surface area contributed by atoms with Crippen LogP contribution in [0.1, 0.15) is 0 Å². The molecule has 0 aliphatic carbocycles. The molecule has 0 amide bonds. The minimum Gasteiger partial charge on any atom is -0.371 e. The van der Waals surface area contributed by atoms with Gasteiger partial charge in [-0.05, 0) is 18.2 Å². The fourth-order valence-corrected chi connectivity index (χ4v) is 1.38. The van der Waals surface area contributed by atoms with Crippen LogP contribution in [0.3, 0.4) is 0 Å². The Morgan fingerprint density at radius 2 is 1.81 bits per heavy atom. The fourth-order valence-electron chi connectivity index (χ4n) is 1.38. The highest BCUT2D eigenvalue weighted by atomic mass is 19.2. The van der Waals surface area contributed by atoms with E-state index in [2.05, 4.69) is 15.3 Å². The Morgan fingerprint density at radius 1 is 1.06 bits per heavy atom. The predicted octanol–water partition coefficient (Wildman–Crippen LogP) is 2.46. The van der Waals surface area contributed by atoms with Crippen molar-refractivity contribution in [1.82, 2.24) is 9.97 Å². The Labute approximate surface area is 91.2 Å². The van der Waals surface area contributed by atoms with Crippen molar-refractivity contribution in [2.45, 2.75) is 0 Å². The largest absolute Gasteiger partial charge is 0.371 e. The van der Waals surface area contributed by atoms with Gasteiger partial charge in [0.2, 0.25) is 0 Å². The lowest BCUT2D eigenvalue weighted by Crippen LogP contribution is -1.98. The third kappa shape index (κ3) is 1.84. The summed E-state index contributed by atoms with van der Waals surface area (Å²) in [6.45, 7) is 0. The summed E-state index contributed by atoms with van der Waals surface area (Å²) in [5, 5.41) is 2.84. The lowest BCUT2D eigenvalue weighted by atomic mass is 10.1. The van der Waals surface area contributed by atoms with Crippen LogP contribution in [0.25, 0.3) is 11.3 Å². The SMILES string of the molecule is CNc1nccnc1-c1ccc(F)c(F)c1. The Bertz CT molecular complexity index is 514. The van der Waals surface area contributed by atoms with Gasteiger partial charge >= 0.3 is 0 Å². The molecule has 0 unspecified atom stereocenters. The molecule has 16 heavy (non-hydrogen) atoms. The van der Waals surface area contributed by atoms with Gasteiger partial charge in [0, 0.05) is 25.0 Å². The molecule has 0 aliphatic rings. The minimum atomic E-state index is -0.898. The summed E-state index contributed by atoms with van der Waals surface area (Å²) in [4.78, 5) is 8.11. The van der Waals surface area contributed by atoms with Gasteiger partial charge in [0.1, 0.15) is 5.69 Å². The zero-order chi connectivity index (χ0) is 11.5. The van der Waals surface area contributed by atoms with Gasteiger partial charge in [0.15, 0.2) is 17.5 Å². The van der Waals surface area contributed by atoms with E-state index in [9.17, 15) is 8.78 Å². The van der Waals surface area contributed by atoms with Crippen molar-refractivity contribution in [3.63, 3.8) is 0 Å². The van der Waals surface area contributed by atoms with E-state index in [0.29, 0.717) is 17.1 Å². The number of nitrogens with one attached hydrogen (secondary N) is 1. The number of halogens is 2. The maximum absolute atomic E-state index is 13.1. The molecule has 0 spiro atoms. The zero-order valence-electron chi connectivity index (χ0n) is 8.54. The highest BCUT2D eigenvalue weighted by molar-refractivity contribution is 5.70. The molecule has 2 rings (SSSR count). The maximum atomic E-state index is 13.1. The van der Waals surface area contributed by atoms with E-state index in [-0.39, 0.29) is 0 Å². The number of anilines is 1. The van der Waals surface area contributed by atoms with Crippen molar-refractivity contribution in [1.29, 1.82) is 0 Å². The number of aromatic nitrogens is 2. The Kier molecular flexibility index (Phi) is 2.76. The highest BCUT2D eigenvalue weighted by Crippen LogP contribution is 2.24. The lowest BCUT2D eigenvalue weighted by molar-refractivity contribution is 0.509. The molecular formula is C11H9F2N3. The van der Waals surface area contributed by atoms with Crippen LogP contribution in [0.15, 0.2) is 30.6 Å². The molecule has 2 aromatic rings. The second kappa shape index (κ2) is 4.22.